The Kier molecular flexibility index (Phi) is 6.63. The third kappa shape index (κ3) is 5.28. The number of benzene rings is 3. The van der Waals surface area contributed by atoms with Gasteiger partial charge in [0, 0.05) is 15.8 Å². The Bertz CT molecular complexity index is 1150. The Balaban J connectivity index is 1.62. The number of rotatable bonds is 6. The number of aromatic nitrogens is 3. The van der Waals surface area contributed by atoms with E-state index in [1.165, 1.54) is 16.7 Å². The topological polar surface area (TPSA) is 30.7 Å². The van der Waals surface area contributed by atoms with Crippen molar-refractivity contribution in [1.29, 1.82) is 0 Å². The standard InChI is InChI=1S/C26H26BrN3S/c1-26(2,3)21-15-13-20(14-16-21)18-31-25-29-28-24(22-11-7-8-12-23(22)27)30(25)17-19-9-5-4-6-10-19/h4-16H,17-18H2,1-3H3. The number of thioether (sulfide) groups is 1. The van der Waals surface area contributed by atoms with E-state index in [9.17, 15) is 0 Å². The maximum Gasteiger partial charge on any atom is 0.192 e. The predicted octanol–water partition coefficient (Wildman–Crippen LogP) is 7.35. The van der Waals surface area contributed by atoms with Crippen LogP contribution in [-0.2, 0) is 17.7 Å². The second-order valence-electron chi connectivity index (χ2n) is 8.59. The van der Waals surface area contributed by atoms with E-state index >= 15 is 0 Å². The summed E-state index contributed by atoms with van der Waals surface area (Å²) in [5.74, 6) is 1.73. The van der Waals surface area contributed by atoms with Crippen LogP contribution < -0.4 is 0 Å². The third-order valence-electron chi connectivity index (χ3n) is 5.20. The van der Waals surface area contributed by atoms with Crippen LogP contribution >= 0.6 is 27.7 Å². The first-order valence-corrected chi connectivity index (χ1v) is 12.1. The highest BCUT2D eigenvalue weighted by Crippen LogP contribution is 2.31. The molecule has 1 aromatic heterocycles. The summed E-state index contributed by atoms with van der Waals surface area (Å²) in [4.78, 5) is 0. The first-order valence-electron chi connectivity index (χ1n) is 10.4. The second kappa shape index (κ2) is 9.41. The fraction of sp³-hybridized carbons (Fsp3) is 0.231. The van der Waals surface area contributed by atoms with Crippen molar-refractivity contribution in [3.8, 4) is 11.4 Å². The molecule has 0 aliphatic heterocycles. The zero-order valence-electron chi connectivity index (χ0n) is 18.0. The van der Waals surface area contributed by atoms with Gasteiger partial charge in [0.05, 0.1) is 6.54 Å². The van der Waals surface area contributed by atoms with Crippen molar-refractivity contribution in [1.82, 2.24) is 14.8 Å². The van der Waals surface area contributed by atoms with Crippen molar-refractivity contribution in [3.05, 3.63) is 100 Å². The Morgan fingerprint density at radius 3 is 2.16 bits per heavy atom. The van der Waals surface area contributed by atoms with Crippen LogP contribution in [0.25, 0.3) is 11.4 Å². The van der Waals surface area contributed by atoms with Crippen LogP contribution in [-0.4, -0.2) is 14.8 Å². The largest absolute Gasteiger partial charge is 0.298 e. The van der Waals surface area contributed by atoms with Crippen molar-refractivity contribution < 1.29 is 0 Å². The molecule has 4 aromatic rings. The van der Waals surface area contributed by atoms with Gasteiger partial charge in [-0.3, -0.25) is 4.57 Å². The lowest BCUT2D eigenvalue weighted by Gasteiger charge is -2.19. The van der Waals surface area contributed by atoms with E-state index in [2.05, 4.69) is 106 Å². The smallest absolute Gasteiger partial charge is 0.192 e. The molecule has 0 atom stereocenters. The minimum absolute atomic E-state index is 0.166. The number of hydrogen-bond acceptors (Lipinski definition) is 3. The van der Waals surface area contributed by atoms with E-state index in [0.717, 1.165) is 33.3 Å². The van der Waals surface area contributed by atoms with Crippen molar-refractivity contribution in [3.63, 3.8) is 0 Å². The Morgan fingerprint density at radius 1 is 0.806 bits per heavy atom. The molecule has 0 aliphatic rings. The number of nitrogens with zero attached hydrogens (tertiary/aromatic N) is 3. The first kappa shape index (κ1) is 21.8. The Morgan fingerprint density at radius 2 is 1.48 bits per heavy atom. The molecule has 0 amide bonds. The number of hydrogen-bond donors (Lipinski definition) is 0. The summed E-state index contributed by atoms with van der Waals surface area (Å²) in [7, 11) is 0. The van der Waals surface area contributed by atoms with E-state index in [-0.39, 0.29) is 5.41 Å². The lowest BCUT2D eigenvalue weighted by atomic mass is 9.87. The highest BCUT2D eigenvalue weighted by molar-refractivity contribution is 9.10. The molecule has 0 fully saturated rings. The van der Waals surface area contributed by atoms with E-state index in [4.69, 9.17) is 0 Å². The Hall–Kier alpha value is -2.37. The SMILES string of the molecule is CC(C)(C)c1ccc(CSc2nnc(-c3ccccc3Br)n2Cc2ccccc2)cc1. The molecule has 0 N–H and O–H groups in total. The molecule has 0 bridgehead atoms. The quantitative estimate of drug-likeness (QED) is 0.264. The van der Waals surface area contributed by atoms with Crippen LogP contribution in [0.15, 0.2) is 88.5 Å². The molecule has 0 saturated heterocycles. The highest BCUT2D eigenvalue weighted by Gasteiger charge is 2.17. The minimum atomic E-state index is 0.166. The van der Waals surface area contributed by atoms with Gasteiger partial charge in [0.2, 0.25) is 0 Å². The lowest BCUT2D eigenvalue weighted by Crippen LogP contribution is -2.10. The normalized spacial score (nSPS) is 11.6. The van der Waals surface area contributed by atoms with Gasteiger partial charge < -0.3 is 0 Å². The molecule has 0 saturated carbocycles. The Labute approximate surface area is 197 Å². The van der Waals surface area contributed by atoms with Gasteiger partial charge >= 0.3 is 0 Å². The third-order valence-corrected chi connectivity index (χ3v) is 6.93. The number of halogens is 1. The van der Waals surface area contributed by atoms with Crippen LogP contribution in [0.3, 0.4) is 0 Å². The molecule has 0 aliphatic carbocycles. The second-order valence-corrected chi connectivity index (χ2v) is 10.4. The van der Waals surface area contributed by atoms with Crippen LogP contribution in [0.1, 0.15) is 37.5 Å². The monoisotopic (exact) mass is 491 g/mol. The van der Waals surface area contributed by atoms with E-state index in [1.807, 2.05) is 24.3 Å². The highest BCUT2D eigenvalue weighted by atomic mass is 79.9. The molecule has 5 heteroatoms. The van der Waals surface area contributed by atoms with E-state index in [1.54, 1.807) is 11.8 Å². The summed E-state index contributed by atoms with van der Waals surface area (Å²) < 4.78 is 3.23. The molecule has 0 radical (unpaired) electrons. The maximum absolute atomic E-state index is 4.56. The molecular formula is C26H26BrN3S. The van der Waals surface area contributed by atoms with Gasteiger partial charge in [0.15, 0.2) is 11.0 Å². The average Bonchev–Trinajstić information content (AvgIpc) is 3.15. The van der Waals surface area contributed by atoms with E-state index < -0.39 is 0 Å². The fourth-order valence-electron chi connectivity index (χ4n) is 3.39. The van der Waals surface area contributed by atoms with Gasteiger partial charge in [-0.25, -0.2) is 0 Å². The summed E-state index contributed by atoms with van der Waals surface area (Å²) in [5.41, 5.74) is 5.08. The molecule has 3 nitrogen and oxygen atoms in total. The van der Waals surface area contributed by atoms with Crippen LogP contribution in [0.2, 0.25) is 0 Å². The van der Waals surface area contributed by atoms with Crippen LogP contribution in [0, 0.1) is 0 Å². The molecular weight excluding hydrogens is 466 g/mol. The minimum Gasteiger partial charge on any atom is -0.298 e. The van der Waals surface area contributed by atoms with Gasteiger partial charge in [0.25, 0.3) is 0 Å². The molecule has 158 valence electrons. The van der Waals surface area contributed by atoms with E-state index in [0.29, 0.717) is 0 Å². The fourth-order valence-corrected chi connectivity index (χ4v) is 4.75. The average molecular weight is 492 g/mol. The summed E-state index contributed by atoms with van der Waals surface area (Å²) in [6.45, 7) is 7.46. The van der Waals surface area contributed by atoms with Gasteiger partial charge in [-0.2, -0.15) is 0 Å². The van der Waals surface area contributed by atoms with Gasteiger partial charge in [0.1, 0.15) is 0 Å². The van der Waals surface area contributed by atoms with Crippen molar-refractivity contribution in [2.45, 2.75) is 43.6 Å². The van der Waals surface area contributed by atoms with Crippen molar-refractivity contribution >= 4 is 27.7 Å². The zero-order chi connectivity index (χ0) is 21.8. The molecule has 1 heterocycles. The lowest BCUT2D eigenvalue weighted by molar-refractivity contribution is 0.590. The van der Waals surface area contributed by atoms with Gasteiger partial charge in [-0.15, -0.1) is 10.2 Å². The molecule has 0 spiro atoms. The summed E-state index contributed by atoms with van der Waals surface area (Å²) in [5, 5.41) is 10.0. The van der Waals surface area contributed by atoms with Gasteiger partial charge in [-0.1, -0.05) is 121 Å². The summed E-state index contributed by atoms with van der Waals surface area (Å²) in [6, 6.07) is 27.6. The van der Waals surface area contributed by atoms with Crippen molar-refractivity contribution in [2.24, 2.45) is 0 Å². The summed E-state index contributed by atoms with van der Waals surface area (Å²) in [6.07, 6.45) is 0. The molecule has 0 unspecified atom stereocenters. The van der Waals surface area contributed by atoms with Crippen LogP contribution in [0.5, 0.6) is 0 Å². The van der Waals surface area contributed by atoms with Crippen LogP contribution in [0.4, 0.5) is 0 Å². The molecule has 3 aromatic carbocycles. The first-order chi connectivity index (χ1) is 14.9. The van der Waals surface area contributed by atoms with Crippen molar-refractivity contribution in [2.75, 3.05) is 0 Å². The predicted molar refractivity (Wildman–Crippen MR) is 133 cm³/mol. The molecule has 31 heavy (non-hydrogen) atoms. The summed E-state index contributed by atoms with van der Waals surface area (Å²) >= 11 is 5.40. The van der Waals surface area contributed by atoms with Gasteiger partial charge in [-0.05, 0) is 28.2 Å². The molecule has 4 rings (SSSR count). The maximum atomic E-state index is 4.56. The zero-order valence-corrected chi connectivity index (χ0v) is 20.5.